The summed E-state index contributed by atoms with van der Waals surface area (Å²) in [5, 5.41) is 0. The number of benzene rings is 3. The number of allylic oxidation sites excluding steroid dienone is 3. The van der Waals surface area contributed by atoms with Crippen LogP contribution >= 0.6 is 0 Å². The molecular formula is C45H68FN. The third-order valence-electron chi connectivity index (χ3n) is 7.46. The summed E-state index contributed by atoms with van der Waals surface area (Å²) < 4.78 is 14.2. The molecular weight excluding hydrogens is 574 g/mol. The van der Waals surface area contributed by atoms with Crippen LogP contribution in [0, 0.1) is 36.9 Å². The summed E-state index contributed by atoms with van der Waals surface area (Å²) in [6.45, 7) is 36.0. The molecule has 3 aromatic rings. The highest BCUT2D eigenvalue weighted by molar-refractivity contribution is 5.72. The number of nitrogens with two attached hydrogens (primary N) is 1. The molecule has 1 fully saturated rings. The second-order valence-corrected chi connectivity index (χ2v) is 9.95. The fraction of sp³-hybridized carbons (Fsp3) is 0.422. The second kappa shape index (κ2) is 29.6. The highest BCUT2D eigenvalue weighted by atomic mass is 19.1. The van der Waals surface area contributed by atoms with E-state index >= 15 is 0 Å². The van der Waals surface area contributed by atoms with Crippen LogP contribution in [0.15, 0.2) is 92.5 Å². The van der Waals surface area contributed by atoms with Gasteiger partial charge < -0.3 is 5.73 Å². The van der Waals surface area contributed by atoms with Crippen LogP contribution in [0.3, 0.4) is 0 Å². The van der Waals surface area contributed by atoms with Gasteiger partial charge in [-0.15, -0.1) is 13.0 Å². The van der Waals surface area contributed by atoms with E-state index in [-0.39, 0.29) is 17.7 Å². The number of para-hydroxylation sites is 1. The van der Waals surface area contributed by atoms with Crippen LogP contribution in [0.2, 0.25) is 0 Å². The highest BCUT2D eigenvalue weighted by Crippen LogP contribution is 2.48. The number of hydrogen-bond acceptors (Lipinski definition) is 1. The minimum Gasteiger partial charge on any atom is -0.398 e. The van der Waals surface area contributed by atoms with Gasteiger partial charge in [0.05, 0.1) is 0 Å². The van der Waals surface area contributed by atoms with Crippen molar-refractivity contribution < 1.29 is 4.39 Å². The van der Waals surface area contributed by atoms with E-state index in [1.165, 1.54) is 0 Å². The lowest BCUT2D eigenvalue weighted by Gasteiger charge is -2.38. The number of hydrogen-bond donors (Lipinski definition) is 1. The predicted octanol–water partition coefficient (Wildman–Crippen LogP) is 14.3. The standard InChI is InChI=1S/C26H27F.C9H11N.5C2H6/c1-5-10-20-15-16-24(23-13-9-14-26(27)19(23)4)25(17-20)18(3)22-12-8-7-11-21(22)6-2;1-7(2)8-5-3-4-6-9(8)10;5*1-2/h2,5,7-9,11-14,20,24-25H,1,3,10,15-17H2,4H3;3-6H,1,10H2,2H3;5*1-2H3/t20?,24?,25-;;;;;;/m0....../s1. The van der Waals surface area contributed by atoms with Gasteiger partial charge in [-0.25, -0.2) is 4.39 Å². The lowest BCUT2D eigenvalue weighted by Crippen LogP contribution is -2.25. The van der Waals surface area contributed by atoms with Gasteiger partial charge in [-0.1, -0.05) is 143 Å². The van der Waals surface area contributed by atoms with Gasteiger partial charge in [0.25, 0.3) is 0 Å². The maximum atomic E-state index is 14.2. The zero-order chi connectivity index (χ0) is 36.9. The van der Waals surface area contributed by atoms with Crippen molar-refractivity contribution in [3.05, 3.63) is 126 Å². The molecule has 0 bridgehead atoms. The van der Waals surface area contributed by atoms with Crippen LogP contribution in [-0.2, 0) is 0 Å². The van der Waals surface area contributed by atoms with Crippen LogP contribution in [0.5, 0.6) is 0 Å². The minimum absolute atomic E-state index is 0.130. The fourth-order valence-corrected chi connectivity index (χ4v) is 5.47. The maximum absolute atomic E-state index is 14.2. The van der Waals surface area contributed by atoms with Crippen molar-refractivity contribution in [1.29, 1.82) is 0 Å². The first-order chi connectivity index (χ1) is 22.8. The molecule has 0 aromatic heterocycles. The molecule has 0 radical (unpaired) electrons. The molecule has 0 amide bonds. The molecule has 4 rings (SSSR count). The van der Waals surface area contributed by atoms with Crippen molar-refractivity contribution in [2.75, 3.05) is 5.73 Å². The summed E-state index contributed by atoms with van der Waals surface area (Å²) in [5.74, 6) is 3.76. The van der Waals surface area contributed by atoms with Gasteiger partial charge in [0.15, 0.2) is 0 Å². The molecule has 2 heteroatoms. The van der Waals surface area contributed by atoms with E-state index in [1.54, 1.807) is 6.07 Å². The molecule has 260 valence electrons. The molecule has 2 N–H and O–H groups in total. The number of nitrogen functional groups attached to an aromatic ring is 1. The fourth-order valence-electron chi connectivity index (χ4n) is 5.47. The third kappa shape index (κ3) is 15.5. The van der Waals surface area contributed by atoms with E-state index in [4.69, 9.17) is 12.2 Å². The molecule has 0 saturated heterocycles. The van der Waals surface area contributed by atoms with E-state index in [0.29, 0.717) is 5.92 Å². The summed E-state index contributed by atoms with van der Waals surface area (Å²) in [5.41, 5.74) is 13.4. The quantitative estimate of drug-likeness (QED) is 0.162. The van der Waals surface area contributed by atoms with Crippen molar-refractivity contribution in [2.24, 2.45) is 11.8 Å². The number of anilines is 1. The Morgan fingerprint density at radius 1 is 0.830 bits per heavy atom. The Hall–Kier alpha value is -3.83. The molecule has 3 aromatic carbocycles. The van der Waals surface area contributed by atoms with E-state index in [1.807, 2.05) is 138 Å². The van der Waals surface area contributed by atoms with Crippen molar-refractivity contribution >= 4 is 16.8 Å². The van der Waals surface area contributed by atoms with E-state index in [0.717, 1.165) is 70.3 Å². The summed E-state index contributed by atoms with van der Waals surface area (Å²) in [7, 11) is 0. The first-order valence-electron chi connectivity index (χ1n) is 17.9. The Kier molecular flexibility index (Phi) is 29.9. The van der Waals surface area contributed by atoms with E-state index in [2.05, 4.69) is 37.8 Å². The summed E-state index contributed by atoms with van der Waals surface area (Å²) in [6, 6.07) is 21.2. The highest BCUT2D eigenvalue weighted by Gasteiger charge is 2.34. The lowest BCUT2D eigenvalue weighted by atomic mass is 9.66. The van der Waals surface area contributed by atoms with Crippen LogP contribution < -0.4 is 5.73 Å². The topological polar surface area (TPSA) is 26.0 Å². The van der Waals surface area contributed by atoms with Crippen LogP contribution in [0.4, 0.5) is 10.1 Å². The molecule has 0 heterocycles. The van der Waals surface area contributed by atoms with E-state index < -0.39 is 0 Å². The minimum atomic E-state index is -0.130. The number of rotatable bonds is 6. The van der Waals surface area contributed by atoms with Crippen LogP contribution in [0.1, 0.15) is 136 Å². The second-order valence-electron chi connectivity index (χ2n) is 9.95. The number of terminal acetylenes is 1. The van der Waals surface area contributed by atoms with Crippen LogP contribution in [-0.4, -0.2) is 0 Å². The molecule has 1 aliphatic rings. The summed E-state index contributed by atoms with van der Waals surface area (Å²) in [4.78, 5) is 0. The van der Waals surface area contributed by atoms with Crippen molar-refractivity contribution in [3.8, 4) is 12.3 Å². The van der Waals surface area contributed by atoms with E-state index in [9.17, 15) is 4.39 Å². The molecule has 1 saturated carbocycles. The van der Waals surface area contributed by atoms with Gasteiger partial charge >= 0.3 is 0 Å². The monoisotopic (exact) mass is 642 g/mol. The zero-order valence-corrected chi connectivity index (χ0v) is 32.1. The zero-order valence-electron chi connectivity index (χ0n) is 32.1. The smallest absolute Gasteiger partial charge is 0.126 e. The van der Waals surface area contributed by atoms with Crippen molar-refractivity contribution in [3.63, 3.8) is 0 Å². The average molecular weight is 642 g/mol. The summed E-state index contributed by atoms with van der Waals surface area (Å²) in [6.07, 6.45) is 11.9. The van der Waals surface area contributed by atoms with Gasteiger partial charge in [0.2, 0.25) is 0 Å². The first kappa shape index (κ1) is 47.6. The summed E-state index contributed by atoms with van der Waals surface area (Å²) >= 11 is 0. The lowest BCUT2D eigenvalue weighted by molar-refractivity contribution is 0.277. The largest absolute Gasteiger partial charge is 0.398 e. The van der Waals surface area contributed by atoms with Gasteiger partial charge in [0.1, 0.15) is 5.82 Å². The Bertz CT molecular complexity index is 1310. The van der Waals surface area contributed by atoms with Gasteiger partial charge in [-0.05, 0) is 109 Å². The third-order valence-corrected chi connectivity index (χ3v) is 7.46. The first-order valence-corrected chi connectivity index (χ1v) is 17.9. The molecule has 0 aliphatic heterocycles. The Labute approximate surface area is 291 Å². The van der Waals surface area contributed by atoms with Gasteiger partial charge in [-0.3, -0.25) is 0 Å². The van der Waals surface area contributed by atoms with Gasteiger partial charge in [-0.2, -0.15) is 0 Å². The SMILES string of the molecule is C#Cc1ccccc1C(=C)[C@@H]1CC(CC=C)CCC1c1cccc(F)c1C.C=C(C)c1ccccc1N.CC.CC.CC.CC.CC. The maximum Gasteiger partial charge on any atom is 0.126 e. The molecule has 3 atom stereocenters. The molecule has 2 unspecified atom stereocenters. The molecule has 47 heavy (non-hydrogen) atoms. The predicted molar refractivity (Wildman–Crippen MR) is 215 cm³/mol. The normalized spacial score (nSPS) is 15.3. The van der Waals surface area contributed by atoms with Gasteiger partial charge in [0, 0.05) is 11.3 Å². The van der Waals surface area contributed by atoms with Crippen molar-refractivity contribution in [2.45, 2.75) is 115 Å². The molecule has 0 spiro atoms. The Balaban J connectivity index is -0.000000806. The van der Waals surface area contributed by atoms with Crippen LogP contribution in [0.25, 0.3) is 11.1 Å². The Morgan fingerprint density at radius 3 is 1.85 bits per heavy atom. The Morgan fingerprint density at radius 2 is 1.36 bits per heavy atom. The molecule has 1 nitrogen and oxygen atoms in total. The van der Waals surface area contributed by atoms with Crippen molar-refractivity contribution in [1.82, 2.24) is 0 Å². The average Bonchev–Trinajstić information content (AvgIpc) is 3.14. The number of halogens is 1. The molecule has 1 aliphatic carbocycles.